The Morgan fingerprint density at radius 2 is 2.40 bits per heavy atom. The lowest BCUT2D eigenvalue weighted by molar-refractivity contribution is 0.249. The van der Waals surface area contributed by atoms with Crippen LogP contribution < -0.4 is 5.32 Å². The molecule has 2 unspecified atom stereocenters. The Hall–Kier alpha value is -0.450. The van der Waals surface area contributed by atoms with E-state index in [0.29, 0.717) is 12.0 Å². The van der Waals surface area contributed by atoms with E-state index < -0.39 is 0 Å². The number of rotatable bonds is 7. The summed E-state index contributed by atoms with van der Waals surface area (Å²) >= 11 is 1.68. The first kappa shape index (κ1) is 12.6. The number of aromatic nitrogens is 1. The molecule has 0 spiro atoms. The molecular formula is C11H20N2OS. The molecule has 0 aliphatic heterocycles. The zero-order valence-electron chi connectivity index (χ0n) is 9.44. The molecule has 2 atom stereocenters. The highest BCUT2D eigenvalue weighted by Gasteiger charge is 2.10. The first-order valence-corrected chi connectivity index (χ1v) is 6.39. The molecule has 0 aliphatic rings. The molecule has 0 amide bonds. The molecule has 2 N–H and O–H groups in total. The Bertz CT molecular complexity index is 251. The van der Waals surface area contributed by atoms with Crippen LogP contribution in [0.2, 0.25) is 0 Å². The van der Waals surface area contributed by atoms with E-state index in [1.54, 1.807) is 11.3 Å². The van der Waals surface area contributed by atoms with Crippen LogP contribution in [0.5, 0.6) is 0 Å². The first-order chi connectivity index (χ1) is 7.27. The highest BCUT2D eigenvalue weighted by atomic mass is 32.1. The average molecular weight is 228 g/mol. The molecule has 0 bridgehead atoms. The van der Waals surface area contributed by atoms with Gasteiger partial charge in [-0.05, 0) is 25.8 Å². The number of thiazole rings is 1. The normalized spacial score (nSPS) is 15.1. The monoisotopic (exact) mass is 228 g/mol. The predicted molar refractivity (Wildman–Crippen MR) is 64.0 cm³/mol. The number of hydrogen-bond donors (Lipinski definition) is 2. The fourth-order valence-corrected chi connectivity index (χ4v) is 2.18. The van der Waals surface area contributed by atoms with Crippen molar-refractivity contribution in [3.8, 4) is 0 Å². The standard InChI is InChI=1S/C11H20N2OS/c1-3-10(4-6-14)8-13-9(2)11-12-5-7-15-11/h5,7,9-10,13-14H,3-4,6,8H2,1-2H3. The highest BCUT2D eigenvalue weighted by molar-refractivity contribution is 7.09. The zero-order valence-corrected chi connectivity index (χ0v) is 10.3. The summed E-state index contributed by atoms with van der Waals surface area (Å²) in [6.45, 7) is 5.53. The molecule has 0 radical (unpaired) electrons. The third-order valence-electron chi connectivity index (χ3n) is 2.65. The van der Waals surface area contributed by atoms with Gasteiger partial charge < -0.3 is 10.4 Å². The Balaban J connectivity index is 2.29. The van der Waals surface area contributed by atoms with Gasteiger partial charge in [-0.25, -0.2) is 4.98 Å². The van der Waals surface area contributed by atoms with Crippen molar-refractivity contribution in [2.45, 2.75) is 32.7 Å². The smallest absolute Gasteiger partial charge is 0.109 e. The van der Waals surface area contributed by atoms with Crippen LogP contribution in [0.3, 0.4) is 0 Å². The number of nitrogens with zero attached hydrogens (tertiary/aromatic N) is 1. The van der Waals surface area contributed by atoms with E-state index in [0.717, 1.165) is 24.4 Å². The molecule has 0 fully saturated rings. The van der Waals surface area contributed by atoms with Gasteiger partial charge in [-0.3, -0.25) is 0 Å². The minimum absolute atomic E-state index is 0.284. The maximum atomic E-state index is 8.88. The lowest BCUT2D eigenvalue weighted by atomic mass is 10.0. The van der Waals surface area contributed by atoms with Crippen LogP contribution in [-0.2, 0) is 0 Å². The van der Waals surface area contributed by atoms with Gasteiger partial charge in [-0.2, -0.15) is 0 Å². The molecule has 1 aromatic rings. The van der Waals surface area contributed by atoms with E-state index in [9.17, 15) is 0 Å². The summed E-state index contributed by atoms with van der Waals surface area (Å²) in [6, 6.07) is 0.317. The van der Waals surface area contributed by atoms with Crippen molar-refractivity contribution in [1.29, 1.82) is 0 Å². The fourth-order valence-electron chi connectivity index (χ4n) is 1.51. The summed E-state index contributed by atoms with van der Waals surface area (Å²) < 4.78 is 0. The van der Waals surface area contributed by atoms with Gasteiger partial charge in [0.1, 0.15) is 5.01 Å². The van der Waals surface area contributed by atoms with Gasteiger partial charge in [0, 0.05) is 18.2 Å². The second-order valence-electron chi connectivity index (χ2n) is 3.79. The molecule has 15 heavy (non-hydrogen) atoms. The summed E-state index contributed by atoms with van der Waals surface area (Å²) in [4.78, 5) is 4.27. The SMILES string of the molecule is CCC(CCO)CNC(C)c1nccs1. The molecule has 0 saturated carbocycles. The minimum atomic E-state index is 0.284. The molecule has 3 nitrogen and oxygen atoms in total. The molecule has 0 aliphatic carbocycles. The van der Waals surface area contributed by atoms with Crippen molar-refractivity contribution in [1.82, 2.24) is 10.3 Å². The first-order valence-electron chi connectivity index (χ1n) is 5.51. The summed E-state index contributed by atoms with van der Waals surface area (Å²) in [7, 11) is 0. The summed E-state index contributed by atoms with van der Waals surface area (Å²) in [5.41, 5.74) is 0. The van der Waals surface area contributed by atoms with Gasteiger partial charge in [0.2, 0.25) is 0 Å². The number of aliphatic hydroxyl groups is 1. The van der Waals surface area contributed by atoms with Crippen molar-refractivity contribution < 1.29 is 5.11 Å². The second-order valence-corrected chi connectivity index (χ2v) is 4.71. The van der Waals surface area contributed by atoms with Crippen LogP contribution in [0.1, 0.15) is 37.7 Å². The highest BCUT2D eigenvalue weighted by Crippen LogP contribution is 2.15. The van der Waals surface area contributed by atoms with Crippen LogP contribution in [0, 0.1) is 5.92 Å². The van der Waals surface area contributed by atoms with Crippen molar-refractivity contribution >= 4 is 11.3 Å². The van der Waals surface area contributed by atoms with Crippen molar-refractivity contribution in [3.63, 3.8) is 0 Å². The van der Waals surface area contributed by atoms with Crippen molar-refractivity contribution in [2.24, 2.45) is 5.92 Å². The van der Waals surface area contributed by atoms with E-state index in [1.165, 1.54) is 0 Å². The summed E-state index contributed by atoms with van der Waals surface area (Å²) in [5, 5.41) is 15.5. The van der Waals surface area contributed by atoms with Gasteiger partial charge in [0.15, 0.2) is 0 Å². The maximum absolute atomic E-state index is 8.88. The molecule has 0 aromatic carbocycles. The van der Waals surface area contributed by atoms with E-state index >= 15 is 0 Å². The van der Waals surface area contributed by atoms with Gasteiger partial charge in [0.05, 0.1) is 6.04 Å². The summed E-state index contributed by atoms with van der Waals surface area (Å²) in [6.07, 6.45) is 3.83. The van der Waals surface area contributed by atoms with Gasteiger partial charge >= 0.3 is 0 Å². The van der Waals surface area contributed by atoms with Gasteiger partial charge in [0.25, 0.3) is 0 Å². The van der Waals surface area contributed by atoms with E-state index in [2.05, 4.69) is 24.1 Å². The van der Waals surface area contributed by atoms with Crippen LogP contribution in [0.4, 0.5) is 0 Å². The molecule has 4 heteroatoms. The Morgan fingerprint density at radius 3 is 2.93 bits per heavy atom. The van der Waals surface area contributed by atoms with Crippen LogP contribution in [-0.4, -0.2) is 23.2 Å². The third kappa shape index (κ3) is 4.28. The van der Waals surface area contributed by atoms with Crippen molar-refractivity contribution in [2.75, 3.05) is 13.2 Å². The van der Waals surface area contributed by atoms with Crippen molar-refractivity contribution in [3.05, 3.63) is 16.6 Å². The van der Waals surface area contributed by atoms with Crippen LogP contribution in [0.25, 0.3) is 0 Å². The Labute approximate surface area is 95.6 Å². The summed E-state index contributed by atoms with van der Waals surface area (Å²) in [5.74, 6) is 0.567. The van der Waals surface area contributed by atoms with Crippen LogP contribution >= 0.6 is 11.3 Å². The minimum Gasteiger partial charge on any atom is -0.396 e. The molecule has 1 aromatic heterocycles. The van der Waals surface area contributed by atoms with Crippen LogP contribution in [0.15, 0.2) is 11.6 Å². The fraction of sp³-hybridized carbons (Fsp3) is 0.727. The molecular weight excluding hydrogens is 208 g/mol. The zero-order chi connectivity index (χ0) is 11.1. The second kappa shape index (κ2) is 6.93. The average Bonchev–Trinajstić information content (AvgIpc) is 2.77. The third-order valence-corrected chi connectivity index (χ3v) is 3.61. The van der Waals surface area contributed by atoms with E-state index in [-0.39, 0.29) is 6.61 Å². The van der Waals surface area contributed by atoms with E-state index in [1.807, 2.05) is 11.6 Å². The van der Waals surface area contributed by atoms with E-state index in [4.69, 9.17) is 5.11 Å². The maximum Gasteiger partial charge on any atom is 0.109 e. The van der Waals surface area contributed by atoms with Gasteiger partial charge in [-0.15, -0.1) is 11.3 Å². The lowest BCUT2D eigenvalue weighted by Crippen LogP contribution is -2.26. The molecule has 1 heterocycles. The topological polar surface area (TPSA) is 45.1 Å². The number of aliphatic hydroxyl groups excluding tert-OH is 1. The molecule has 1 rings (SSSR count). The number of nitrogens with one attached hydrogen (secondary N) is 1. The lowest BCUT2D eigenvalue weighted by Gasteiger charge is -2.17. The molecule has 86 valence electrons. The number of hydrogen-bond acceptors (Lipinski definition) is 4. The largest absolute Gasteiger partial charge is 0.396 e. The quantitative estimate of drug-likeness (QED) is 0.752. The Kier molecular flexibility index (Phi) is 5.83. The Morgan fingerprint density at radius 1 is 1.60 bits per heavy atom. The predicted octanol–water partition coefficient (Wildman–Crippen LogP) is 2.20. The molecule has 0 saturated heterocycles. The van der Waals surface area contributed by atoms with Gasteiger partial charge in [-0.1, -0.05) is 13.3 Å².